The second-order valence-corrected chi connectivity index (χ2v) is 4.65. The topological polar surface area (TPSA) is 32.3 Å². The number of carbonyl (C=O) groups excluding carboxylic acids is 1. The standard InChI is InChI=1S/C16H18N2O/c1-18(2)15-10-8-14(9-11-15)17-16(19)12-13-6-4-3-5-7-13/h3-11H,12H2,1-2H3,(H,17,19). The Labute approximate surface area is 113 Å². The van der Waals surface area contributed by atoms with Crippen LogP contribution < -0.4 is 10.2 Å². The van der Waals surface area contributed by atoms with Crippen LogP contribution in [-0.4, -0.2) is 20.0 Å². The highest BCUT2D eigenvalue weighted by atomic mass is 16.1. The van der Waals surface area contributed by atoms with Crippen LogP contribution in [-0.2, 0) is 11.2 Å². The van der Waals surface area contributed by atoms with Crippen molar-refractivity contribution >= 4 is 17.3 Å². The number of amides is 1. The van der Waals surface area contributed by atoms with Crippen LogP contribution >= 0.6 is 0 Å². The molecule has 0 aromatic heterocycles. The Bertz CT molecular complexity index is 532. The lowest BCUT2D eigenvalue weighted by atomic mass is 10.1. The van der Waals surface area contributed by atoms with Crippen molar-refractivity contribution in [3.8, 4) is 0 Å². The Kier molecular flexibility index (Phi) is 4.18. The minimum Gasteiger partial charge on any atom is -0.378 e. The molecule has 0 aliphatic heterocycles. The van der Waals surface area contributed by atoms with Crippen LogP contribution in [0.25, 0.3) is 0 Å². The molecule has 0 heterocycles. The first-order chi connectivity index (χ1) is 9.15. The van der Waals surface area contributed by atoms with Gasteiger partial charge in [0.05, 0.1) is 6.42 Å². The van der Waals surface area contributed by atoms with Crippen molar-refractivity contribution in [2.24, 2.45) is 0 Å². The number of nitrogens with one attached hydrogen (secondary N) is 1. The fourth-order valence-corrected chi connectivity index (χ4v) is 1.83. The number of benzene rings is 2. The van der Waals surface area contributed by atoms with E-state index < -0.39 is 0 Å². The molecular formula is C16H18N2O. The maximum atomic E-state index is 11.9. The molecule has 3 heteroatoms. The molecule has 2 aromatic rings. The number of hydrogen-bond donors (Lipinski definition) is 1. The highest BCUT2D eigenvalue weighted by Gasteiger charge is 2.04. The van der Waals surface area contributed by atoms with Gasteiger partial charge in [0.1, 0.15) is 0 Å². The van der Waals surface area contributed by atoms with Crippen LogP contribution in [0.3, 0.4) is 0 Å². The van der Waals surface area contributed by atoms with Gasteiger partial charge in [0, 0.05) is 25.5 Å². The van der Waals surface area contributed by atoms with Gasteiger partial charge in [-0.1, -0.05) is 30.3 Å². The van der Waals surface area contributed by atoms with Gasteiger partial charge in [0.15, 0.2) is 0 Å². The second kappa shape index (κ2) is 6.05. The number of anilines is 2. The molecule has 0 aliphatic carbocycles. The summed E-state index contributed by atoms with van der Waals surface area (Å²) in [4.78, 5) is 13.9. The summed E-state index contributed by atoms with van der Waals surface area (Å²) in [6.45, 7) is 0. The van der Waals surface area contributed by atoms with E-state index in [1.54, 1.807) is 0 Å². The molecule has 0 unspecified atom stereocenters. The van der Waals surface area contributed by atoms with Crippen molar-refractivity contribution < 1.29 is 4.79 Å². The summed E-state index contributed by atoms with van der Waals surface area (Å²) in [6, 6.07) is 17.5. The maximum Gasteiger partial charge on any atom is 0.228 e. The van der Waals surface area contributed by atoms with E-state index in [4.69, 9.17) is 0 Å². The largest absolute Gasteiger partial charge is 0.378 e. The zero-order valence-corrected chi connectivity index (χ0v) is 11.3. The Morgan fingerprint density at radius 1 is 1.00 bits per heavy atom. The SMILES string of the molecule is CN(C)c1ccc(NC(=O)Cc2ccccc2)cc1. The molecule has 0 saturated heterocycles. The van der Waals surface area contributed by atoms with Crippen molar-refractivity contribution in [3.63, 3.8) is 0 Å². The van der Waals surface area contributed by atoms with E-state index in [9.17, 15) is 4.79 Å². The summed E-state index contributed by atoms with van der Waals surface area (Å²) >= 11 is 0. The van der Waals surface area contributed by atoms with Gasteiger partial charge >= 0.3 is 0 Å². The highest BCUT2D eigenvalue weighted by Crippen LogP contribution is 2.15. The normalized spacial score (nSPS) is 10.0. The molecule has 1 amide bonds. The van der Waals surface area contributed by atoms with Crippen LogP contribution in [0.1, 0.15) is 5.56 Å². The maximum absolute atomic E-state index is 11.9. The molecule has 1 N–H and O–H groups in total. The van der Waals surface area contributed by atoms with Gasteiger partial charge in [0.2, 0.25) is 5.91 Å². The van der Waals surface area contributed by atoms with Crippen LogP contribution in [0, 0.1) is 0 Å². The zero-order valence-electron chi connectivity index (χ0n) is 11.3. The first kappa shape index (κ1) is 13.1. The molecule has 0 saturated carbocycles. The van der Waals surface area contributed by atoms with E-state index in [-0.39, 0.29) is 5.91 Å². The van der Waals surface area contributed by atoms with Gasteiger partial charge in [-0.25, -0.2) is 0 Å². The van der Waals surface area contributed by atoms with Crippen LogP contribution in [0.4, 0.5) is 11.4 Å². The predicted octanol–water partition coefficient (Wildman–Crippen LogP) is 2.93. The van der Waals surface area contributed by atoms with Crippen molar-refractivity contribution in [1.82, 2.24) is 0 Å². The Morgan fingerprint density at radius 2 is 1.63 bits per heavy atom. The quantitative estimate of drug-likeness (QED) is 0.909. The Morgan fingerprint density at radius 3 is 2.21 bits per heavy atom. The molecule has 2 rings (SSSR count). The summed E-state index contributed by atoms with van der Waals surface area (Å²) < 4.78 is 0. The van der Waals surface area contributed by atoms with Gasteiger partial charge in [-0.05, 0) is 29.8 Å². The van der Waals surface area contributed by atoms with Gasteiger partial charge < -0.3 is 10.2 Å². The zero-order chi connectivity index (χ0) is 13.7. The summed E-state index contributed by atoms with van der Waals surface area (Å²) in [5.74, 6) is 0.00352. The lowest BCUT2D eigenvalue weighted by Crippen LogP contribution is -2.14. The predicted molar refractivity (Wildman–Crippen MR) is 79.5 cm³/mol. The lowest BCUT2D eigenvalue weighted by molar-refractivity contribution is -0.115. The van der Waals surface area contributed by atoms with Crippen LogP contribution in [0.2, 0.25) is 0 Å². The first-order valence-corrected chi connectivity index (χ1v) is 6.26. The second-order valence-electron chi connectivity index (χ2n) is 4.65. The molecule has 0 aliphatic rings. The Balaban J connectivity index is 1.95. The van der Waals surface area contributed by atoms with Crippen molar-refractivity contribution in [2.75, 3.05) is 24.3 Å². The molecule has 3 nitrogen and oxygen atoms in total. The third-order valence-electron chi connectivity index (χ3n) is 2.87. The van der Waals surface area contributed by atoms with Crippen molar-refractivity contribution in [3.05, 3.63) is 60.2 Å². The first-order valence-electron chi connectivity index (χ1n) is 6.26. The van der Waals surface area contributed by atoms with E-state index in [2.05, 4.69) is 5.32 Å². The minimum atomic E-state index is 0.00352. The minimum absolute atomic E-state index is 0.00352. The molecule has 98 valence electrons. The smallest absolute Gasteiger partial charge is 0.228 e. The fourth-order valence-electron chi connectivity index (χ4n) is 1.83. The monoisotopic (exact) mass is 254 g/mol. The van der Waals surface area contributed by atoms with E-state index in [0.717, 1.165) is 16.9 Å². The number of hydrogen-bond acceptors (Lipinski definition) is 2. The van der Waals surface area contributed by atoms with E-state index >= 15 is 0 Å². The molecule has 0 bridgehead atoms. The number of nitrogens with zero attached hydrogens (tertiary/aromatic N) is 1. The fraction of sp³-hybridized carbons (Fsp3) is 0.188. The molecule has 0 radical (unpaired) electrons. The van der Waals surface area contributed by atoms with Gasteiger partial charge in [-0.2, -0.15) is 0 Å². The molecule has 0 atom stereocenters. The average molecular weight is 254 g/mol. The van der Waals surface area contributed by atoms with E-state index in [1.807, 2.05) is 73.6 Å². The summed E-state index contributed by atoms with van der Waals surface area (Å²) in [7, 11) is 3.98. The van der Waals surface area contributed by atoms with E-state index in [0.29, 0.717) is 6.42 Å². The van der Waals surface area contributed by atoms with Crippen LogP contribution in [0.15, 0.2) is 54.6 Å². The van der Waals surface area contributed by atoms with Crippen molar-refractivity contribution in [2.45, 2.75) is 6.42 Å². The van der Waals surface area contributed by atoms with Gasteiger partial charge in [-0.3, -0.25) is 4.79 Å². The highest BCUT2D eigenvalue weighted by molar-refractivity contribution is 5.92. The Hall–Kier alpha value is -2.29. The average Bonchev–Trinajstić information content (AvgIpc) is 2.40. The van der Waals surface area contributed by atoms with Crippen molar-refractivity contribution in [1.29, 1.82) is 0 Å². The van der Waals surface area contributed by atoms with Crippen LogP contribution in [0.5, 0.6) is 0 Å². The summed E-state index contributed by atoms with van der Waals surface area (Å²) in [5, 5.41) is 2.90. The number of carbonyl (C=O) groups is 1. The number of rotatable bonds is 4. The third-order valence-corrected chi connectivity index (χ3v) is 2.87. The summed E-state index contributed by atoms with van der Waals surface area (Å²) in [5.41, 5.74) is 2.96. The molecule has 2 aromatic carbocycles. The molecule has 0 fully saturated rings. The van der Waals surface area contributed by atoms with Gasteiger partial charge in [-0.15, -0.1) is 0 Å². The molecular weight excluding hydrogens is 236 g/mol. The summed E-state index contributed by atoms with van der Waals surface area (Å²) in [6.07, 6.45) is 0.399. The third kappa shape index (κ3) is 3.85. The lowest BCUT2D eigenvalue weighted by Gasteiger charge is -2.13. The van der Waals surface area contributed by atoms with E-state index in [1.165, 1.54) is 0 Å². The van der Waals surface area contributed by atoms with Gasteiger partial charge in [0.25, 0.3) is 0 Å². The molecule has 19 heavy (non-hydrogen) atoms. The molecule has 0 spiro atoms.